The maximum absolute atomic E-state index is 12.9. The van der Waals surface area contributed by atoms with E-state index >= 15 is 0 Å². The number of Topliss-reactive ketones (excluding diaryl/α,β-unsaturated/α-hetero) is 1. The van der Waals surface area contributed by atoms with Crippen LogP contribution in [0.4, 0.5) is 0 Å². The highest BCUT2D eigenvalue weighted by molar-refractivity contribution is 9.14. The lowest BCUT2D eigenvalue weighted by Gasteiger charge is -2.30. The highest BCUT2D eigenvalue weighted by Gasteiger charge is 2.32. The average Bonchev–Trinajstić information content (AvgIpc) is 2.31. The van der Waals surface area contributed by atoms with Gasteiger partial charge in [0.1, 0.15) is 5.78 Å². The van der Waals surface area contributed by atoms with Crippen molar-refractivity contribution in [3.8, 4) is 0 Å². The summed E-state index contributed by atoms with van der Waals surface area (Å²) in [5, 5.41) is 0. The minimum absolute atomic E-state index is 0.0416. The molecule has 0 amide bonds. The lowest BCUT2D eigenvalue weighted by atomic mass is 9.73. The Morgan fingerprint density at radius 2 is 1.45 bits per heavy atom. The lowest BCUT2D eigenvalue weighted by Crippen LogP contribution is -2.32. The Hall–Kier alpha value is 0.330. The monoisotopic (exact) mass is 494 g/mol. The third-order valence-electron chi connectivity index (χ3n) is 3.49. The normalized spacial score (nSPS) is 14.0. The molecule has 0 bridgehead atoms. The molecule has 0 radical (unpaired) electrons. The van der Waals surface area contributed by atoms with Crippen LogP contribution in [0.5, 0.6) is 0 Å². The summed E-state index contributed by atoms with van der Waals surface area (Å²) in [6, 6.07) is 4.20. The summed E-state index contributed by atoms with van der Waals surface area (Å²) < 4.78 is 3.02. The number of rotatable bonds is 4. The van der Waals surface area contributed by atoms with E-state index in [0.717, 1.165) is 26.3 Å². The first-order valence-corrected chi connectivity index (χ1v) is 9.87. The molecule has 0 spiro atoms. The number of benzene rings is 1. The Labute approximate surface area is 160 Å². The summed E-state index contributed by atoms with van der Waals surface area (Å²) in [7, 11) is 0. The summed E-state index contributed by atoms with van der Waals surface area (Å²) in [5.41, 5.74) is 1.00. The zero-order valence-corrected chi connectivity index (χ0v) is 18.9. The van der Waals surface area contributed by atoms with Crippen molar-refractivity contribution in [2.45, 2.75) is 54.4 Å². The molecule has 0 saturated heterocycles. The van der Waals surface area contributed by atoms with Gasteiger partial charge in [0.2, 0.25) is 0 Å². The van der Waals surface area contributed by atoms with Gasteiger partial charge in [-0.1, -0.05) is 41.5 Å². The molecule has 1 unspecified atom stereocenters. The SMILES string of the molecule is CC(C)(C)CC(Cc1cc(Br)c(Br)c(Br)c1)C(=O)C(C)(C)C. The molecule has 1 aromatic rings. The van der Waals surface area contributed by atoms with Gasteiger partial charge in [-0.3, -0.25) is 4.79 Å². The molecule has 1 aromatic carbocycles. The Morgan fingerprint density at radius 1 is 1.00 bits per heavy atom. The van der Waals surface area contributed by atoms with Crippen LogP contribution in [0, 0.1) is 16.7 Å². The lowest BCUT2D eigenvalue weighted by molar-refractivity contribution is -0.131. The number of carbonyl (C=O) groups is 1. The largest absolute Gasteiger partial charge is 0.299 e. The van der Waals surface area contributed by atoms with Crippen molar-refractivity contribution < 1.29 is 4.79 Å². The van der Waals surface area contributed by atoms with Crippen molar-refractivity contribution >= 4 is 53.6 Å². The molecule has 4 heteroatoms. The first-order valence-electron chi connectivity index (χ1n) is 7.49. The van der Waals surface area contributed by atoms with E-state index in [4.69, 9.17) is 0 Å². The molecule has 0 N–H and O–H groups in total. The van der Waals surface area contributed by atoms with Crippen LogP contribution in [-0.4, -0.2) is 5.78 Å². The van der Waals surface area contributed by atoms with E-state index in [-0.39, 0.29) is 16.7 Å². The van der Waals surface area contributed by atoms with Crippen LogP contribution in [0.25, 0.3) is 0 Å². The number of hydrogen-bond donors (Lipinski definition) is 0. The van der Waals surface area contributed by atoms with Gasteiger partial charge in [0.05, 0.1) is 0 Å². The number of halogens is 3. The van der Waals surface area contributed by atoms with Crippen LogP contribution >= 0.6 is 47.8 Å². The van der Waals surface area contributed by atoms with E-state index in [9.17, 15) is 4.79 Å². The van der Waals surface area contributed by atoms with Crippen LogP contribution < -0.4 is 0 Å². The smallest absolute Gasteiger partial charge is 0.141 e. The minimum Gasteiger partial charge on any atom is -0.299 e. The van der Waals surface area contributed by atoms with Crippen LogP contribution in [0.15, 0.2) is 25.6 Å². The zero-order valence-electron chi connectivity index (χ0n) is 14.2. The molecule has 1 nitrogen and oxygen atoms in total. The molecular formula is C18H25Br3O. The summed E-state index contributed by atoms with van der Waals surface area (Å²) in [6.07, 6.45) is 1.67. The summed E-state index contributed by atoms with van der Waals surface area (Å²) in [4.78, 5) is 12.9. The maximum Gasteiger partial charge on any atom is 0.141 e. The van der Waals surface area contributed by atoms with Crippen LogP contribution in [0.1, 0.15) is 53.5 Å². The first-order chi connectivity index (χ1) is 9.81. The van der Waals surface area contributed by atoms with Gasteiger partial charge in [-0.2, -0.15) is 0 Å². The van der Waals surface area contributed by atoms with Crippen molar-refractivity contribution in [1.82, 2.24) is 0 Å². The van der Waals surface area contributed by atoms with Crippen molar-refractivity contribution in [2.24, 2.45) is 16.7 Å². The van der Waals surface area contributed by atoms with Gasteiger partial charge in [0.25, 0.3) is 0 Å². The molecule has 1 atom stereocenters. The standard InChI is InChI=1S/C18H25Br3O/c1-17(2,3)10-12(16(22)18(4,5)6)7-11-8-13(19)15(21)14(20)9-11/h8-9,12H,7,10H2,1-6H3. The van der Waals surface area contributed by atoms with Gasteiger partial charge in [0.15, 0.2) is 0 Å². The minimum atomic E-state index is -0.306. The fraction of sp³-hybridized carbons (Fsp3) is 0.611. The molecule has 0 aliphatic rings. The van der Waals surface area contributed by atoms with Crippen molar-refractivity contribution in [3.05, 3.63) is 31.1 Å². The van der Waals surface area contributed by atoms with Gasteiger partial charge in [-0.25, -0.2) is 0 Å². The Morgan fingerprint density at radius 3 is 1.82 bits per heavy atom. The van der Waals surface area contributed by atoms with Crippen LogP contribution in [0.2, 0.25) is 0 Å². The van der Waals surface area contributed by atoms with Gasteiger partial charge >= 0.3 is 0 Å². The topological polar surface area (TPSA) is 17.1 Å². The van der Waals surface area contributed by atoms with Gasteiger partial charge in [0, 0.05) is 24.8 Å². The molecule has 0 aliphatic carbocycles. The van der Waals surface area contributed by atoms with E-state index in [1.54, 1.807) is 0 Å². The molecule has 0 aromatic heterocycles. The molecule has 0 heterocycles. The van der Waals surface area contributed by atoms with Crippen molar-refractivity contribution in [2.75, 3.05) is 0 Å². The van der Waals surface area contributed by atoms with Gasteiger partial charge in [-0.05, 0) is 83.7 Å². The fourth-order valence-electron chi connectivity index (χ4n) is 2.62. The van der Waals surface area contributed by atoms with Crippen LogP contribution in [-0.2, 0) is 11.2 Å². The third-order valence-corrected chi connectivity index (χ3v) is 6.66. The predicted molar refractivity (Wildman–Crippen MR) is 105 cm³/mol. The fourth-order valence-corrected chi connectivity index (χ4v) is 4.13. The number of ketones is 1. The molecule has 0 fully saturated rings. The van der Waals surface area contributed by atoms with E-state index < -0.39 is 0 Å². The third kappa shape index (κ3) is 6.09. The first kappa shape index (κ1) is 20.4. The molecule has 22 heavy (non-hydrogen) atoms. The maximum atomic E-state index is 12.9. The van der Waals surface area contributed by atoms with E-state index in [2.05, 4.69) is 80.7 Å². The van der Waals surface area contributed by atoms with E-state index in [1.807, 2.05) is 20.8 Å². The molecule has 1 rings (SSSR count). The Kier molecular flexibility index (Phi) is 6.93. The second-order valence-electron chi connectivity index (χ2n) is 8.15. The highest BCUT2D eigenvalue weighted by atomic mass is 79.9. The Bertz CT molecular complexity index is 527. The molecule has 124 valence electrons. The summed E-state index contributed by atoms with van der Waals surface area (Å²) in [6.45, 7) is 12.6. The summed E-state index contributed by atoms with van der Waals surface area (Å²) >= 11 is 10.7. The quantitative estimate of drug-likeness (QED) is 0.403. The van der Waals surface area contributed by atoms with Crippen LogP contribution in [0.3, 0.4) is 0 Å². The Balaban J connectivity index is 3.11. The van der Waals surface area contributed by atoms with E-state index in [0.29, 0.717) is 5.78 Å². The number of carbonyl (C=O) groups excluding carboxylic acids is 1. The second-order valence-corrected chi connectivity index (χ2v) is 10.7. The van der Waals surface area contributed by atoms with Gasteiger partial charge < -0.3 is 0 Å². The average molecular weight is 497 g/mol. The molecule has 0 saturated carbocycles. The van der Waals surface area contributed by atoms with E-state index in [1.165, 1.54) is 5.56 Å². The number of hydrogen-bond acceptors (Lipinski definition) is 1. The molecule has 0 aliphatic heterocycles. The highest BCUT2D eigenvalue weighted by Crippen LogP contribution is 2.36. The predicted octanol–water partition coefficient (Wildman–Crippen LogP) is 7.18. The second kappa shape index (κ2) is 7.48. The van der Waals surface area contributed by atoms with Crippen molar-refractivity contribution in [3.63, 3.8) is 0 Å². The van der Waals surface area contributed by atoms with Gasteiger partial charge in [-0.15, -0.1) is 0 Å². The summed E-state index contributed by atoms with van der Waals surface area (Å²) in [5.74, 6) is 0.387. The molecular weight excluding hydrogens is 472 g/mol. The zero-order chi connectivity index (χ0) is 17.3. The van der Waals surface area contributed by atoms with Crippen molar-refractivity contribution in [1.29, 1.82) is 0 Å².